The molecule has 0 saturated carbocycles. The second-order valence-electron chi connectivity index (χ2n) is 4.96. The minimum atomic E-state index is 0.794. The summed E-state index contributed by atoms with van der Waals surface area (Å²) in [5, 5.41) is 8.61. The molecule has 0 amide bonds. The number of benzene rings is 2. The number of aryl methyl sites for hydroxylation is 4. The van der Waals surface area contributed by atoms with Crippen LogP contribution in [0.5, 0.6) is 0 Å². The molecule has 2 N–H and O–H groups in total. The van der Waals surface area contributed by atoms with Crippen molar-refractivity contribution in [2.24, 2.45) is 10.2 Å². The minimum Gasteiger partial charge on any atom is -0.399 e. The lowest BCUT2D eigenvalue weighted by Crippen LogP contribution is -1.90. The van der Waals surface area contributed by atoms with Gasteiger partial charge in [-0.05, 0) is 74.2 Å². The third kappa shape index (κ3) is 2.99. The van der Waals surface area contributed by atoms with Crippen LogP contribution in [0.4, 0.5) is 17.1 Å². The zero-order chi connectivity index (χ0) is 14.0. The molecule has 19 heavy (non-hydrogen) atoms. The number of rotatable bonds is 2. The standard InChI is InChI=1S/C16H19N3/c1-10-5-6-14(7-11(10)2)18-19-16-9-12(3)15(17)8-13(16)4/h5-9H,17H2,1-4H3. The summed E-state index contributed by atoms with van der Waals surface area (Å²) in [4.78, 5) is 0. The van der Waals surface area contributed by atoms with Crippen LogP contribution in [0, 0.1) is 27.7 Å². The van der Waals surface area contributed by atoms with E-state index in [9.17, 15) is 0 Å². The van der Waals surface area contributed by atoms with Gasteiger partial charge < -0.3 is 5.73 Å². The Bertz CT molecular complexity index is 643. The van der Waals surface area contributed by atoms with Gasteiger partial charge in [0, 0.05) is 5.69 Å². The van der Waals surface area contributed by atoms with E-state index in [0.29, 0.717) is 0 Å². The van der Waals surface area contributed by atoms with Gasteiger partial charge in [0.1, 0.15) is 0 Å². The van der Waals surface area contributed by atoms with Crippen LogP contribution in [-0.4, -0.2) is 0 Å². The molecule has 0 heterocycles. The monoisotopic (exact) mass is 253 g/mol. The highest BCUT2D eigenvalue weighted by atomic mass is 15.1. The van der Waals surface area contributed by atoms with Crippen molar-refractivity contribution in [1.82, 2.24) is 0 Å². The maximum atomic E-state index is 5.86. The van der Waals surface area contributed by atoms with Gasteiger partial charge in [0.15, 0.2) is 0 Å². The molecular formula is C16H19N3. The second-order valence-corrected chi connectivity index (χ2v) is 4.96. The molecular weight excluding hydrogens is 234 g/mol. The molecule has 0 radical (unpaired) electrons. The van der Waals surface area contributed by atoms with E-state index in [2.05, 4.69) is 30.1 Å². The number of hydrogen-bond acceptors (Lipinski definition) is 3. The molecule has 2 aromatic carbocycles. The number of anilines is 1. The first kappa shape index (κ1) is 13.3. The van der Waals surface area contributed by atoms with Crippen LogP contribution in [0.2, 0.25) is 0 Å². The van der Waals surface area contributed by atoms with Crippen molar-refractivity contribution in [3.8, 4) is 0 Å². The van der Waals surface area contributed by atoms with E-state index >= 15 is 0 Å². The number of hydrogen-bond donors (Lipinski definition) is 1. The number of azo groups is 1. The van der Waals surface area contributed by atoms with E-state index < -0.39 is 0 Å². The van der Waals surface area contributed by atoms with Crippen LogP contribution in [-0.2, 0) is 0 Å². The lowest BCUT2D eigenvalue weighted by molar-refractivity contribution is 1.19. The average molecular weight is 253 g/mol. The first-order valence-electron chi connectivity index (χ1n) is 6.33. The Morgan fingerprint density at radius 2 is 1.47 bits per heavy atom. The molecule has 3 nitrogen and oxygen atoms in total. The quantitative estimate of drug-likeness (QED) is 0.599. The molecule has 2 aromatic rings. The van der Waals surface area contributed by atoms with E-state index in [1.54, 1.807) is 0 Å². The molecule has 0 aliphatic rings. The van der Waals surface area contributed by atoms with E-state index in [0.717, 1.165) is 28.2 Å². The van der Waals surface area contributed by atoms with Gasteiger partial charge in [-0.2, -0.15) is 10.2 Å². The Morgan fingerprint density at radius 1 is 0.737 bits per heavy atom. The summed E-state index contributed by atoms with van der Waals surface area (Å²) in [5.74, 6) is 0. The Kier molecular flexibility index (Phi) is 3.65. The third-order valence-electron chi connectivity index (χ3n) is 3.35. The maximum absolute atomic E-state index is 5.86. The highest BCUT2D eigenvalue weighted by Gasteiger charge is 2.01. The lowest BCUT2D eigenvalue weighted by Gasteiger charge is -2.05. The summed E-state index contributed by atoms with van der Waals surface area (Å²) in [6, 6.07) is 9.98. The largest absolute Gasteiger partial charge is 0.399 e. The van der Waals surface area contributed by atoms with Crippen molar-refractivity contribution >= 4 is 17.1 Å². The summed E-state index contributed by atoms with van der Waals surface area (Å²) in [6.45, 7) is 8.13. The van der Waals surface area contributed by atoms with Gasteiger partial charge in [-0.3, -0.25) is 0 Å². The van der Waals surface area contributed by atoms with Crippen LogP contribution in [0.15, 0.2) is 40.6 Å². The SMILES string of the molecule is Cc1ccc(N=Nc2cc(C)c(N)cc2C)cc1C. The van der Waals surface area contributed by atoms with Crippen molar-refractivity contribution in [2.45, 2.75) is 27.7 Å². The van der Waals surface area contributed by atoms with Gasteiger partial charge in [0.25, 0.3) is 0 Å². The van der Waals surface area contributed by atoms with Crippen molar-refractivity contribution < 1.29 is 0 Å². The average Bonchev–Trinajstić information content (AvgIpc) is 2.36. The van der Waals surface area contributed by atoms with Gasteiger partial charge in [-0.1, -0.05) is 6.07 Å². The summed E-state index contributed by atoms with van der Waals surface area (Å²) in [6.07, 6.45) is 0. The Labute approximate surface area is 114 Å². The Morgan fingerprint density at radius 3 is 2.16 bits per heavy atom. The fourth-order valence-corrected chi connectivity index (χ4v) is 1.83. The van der Waals surface area contributed by atoms with Crippen LogP contribution < -0.4 is 5.73 Å². The number of nitrogens with two attached hydrogens (primary N) is 1. The summed E-state index contributed by atoms with van der Waals surface area (Å²) in [7, 11) is 0. The fourth-order valence-electron chi connectivity index (χ4n) is 1.83. The van der Waals surface area contributed by atoms with Gasteiger partial charge >= 0.3 is 0 Å². The molecule has 0 atom stereocenters. The molecule has 0 unspecified atom stereocenters. The fraction of sp³-hybridized carbons (Fsp3) is 0.250. The first-order chi connectivity index (χ1) is 8.97. The van der Waals surface area contributed by atoms with Crippen molar-refractivity contribution in [2.75, 3.05) is 5.73 Å². The summed E-state index contributed by atoms with van der Waals surface area (Å²) < 4.78 is 0. The highest BCUT2D eigenvalue weighted by Crippen LogP contribution is 2.27. The molecule has 98 valence electrons. The normalized spacial score (nSPS) is 11.2. The van der Waals surface area contributed by atoms with Crippen molar-refractivity contribution in [1.29, 1.82) is 0 Å². The molecule has 0 bridgehead atoms. The van der Waals surface area contributed by atoms with Crippen molar-refractivity contribution in [3.05, 3.63) is 52.6 Å². The van der Waals surface area contributed by atoms with E-state index in [-0.39, 0.29) is 0 Å². The number of nitrogens with zero attached hydrogens (tertiary/aromatic N) is 2. The lowest BCUT2D eigenvalue weighted by atomic mass is 10.1. The summed E-state index contributed by atoms with van der Waals surface area (Å²) in [5.41, 5.74) is 12.9. The van der Waals surface area contributed by atoms with Gasteiger partial charge in [0.05, 0.1) is 11.4 Å². The zero-order valence-corrected chi connectivity index (χ0v) is 11.9. The minimum absolute atomic E-state index is 0.794. The van der Waals surface area contributed by atoms with Crippen molar-refractivity contribution in [3.63, 3.8) is 0 Å². The molecule has 0 aliphatic heterocycles. The summed E-state index contributed by atoms with van der Waals surface area (Å²) >= 11 is 0. The van der Waals surface area contributed by atoms with Crippen LogP contribution in [0.1, 0.15) is 22.3 Å². The first-order valence-corrected chi connectivity index (χ1v) is 6.33. The molecule has 0 saturated heterocycles. The van der Waals surface area contributed by atoms with E-state index in [1.165, 1.54) is 11.1 Å². The predicted octanol–water partition coefficient (Wildman–Crippen LogP) is 4.92. The molecule has 2 rings (SSSR count). The third-order valence-corrected chi connectivity index (χ3v) is 3.35. The van der Waals surface area contributed by atoms with Gasteiger partial charge in [0.2, 0.25) is 0 Å². The van der Waals surface area contributed by atoms with E-state index in [1.807, 2.05) is 38.1 Å². The Hall–Kier alpha value is -2.16. The van der Waals surface area contributed by atoms with Crippen LogP contribution in [0.25, 0.3) is 0 Å². The smallest absolute Gasteiger partial charge is 0.0890 e. The van der Waals surface area contributed by atoms with Crippen LogP contribution in [0.3, 0.4) is 0 Å². The molecule has 0 fully saturated rings. The van der Waals surface area contributed by atoms with Gasteiger partial charge in [-0.25, -0.2) is 0 Å². The topological polar surface area (TPSA) is 50.7 Å². The number of nitrogen functional groups attached to an aromatic ring is 1. The molecule has 0 spiro atoms. The second kappa shape index (κ2) is 5.22. The predicted molar refractivity (Wildman–Crippen MR) is 80.4 cm³/mol. The highest BCUT2D eigenvalue weighted by molar-refractivity contribution is 5.59. The Balaban J connectivity index is 2.32. The molecule has 0 aliphatic carbocycles. The molecule has 3 heteroatoms. The van der Waals surface area contributed by atoms with E-state index in [4.69, 9.17) is 5.73 Å². The zero-order valence-electron chi connectivity index (χ0n) is 11.9. The maximum Gasteiger partial charge on any atom is 0.0890 e. The van der Waals surface area contributed by atoms with Gasteiger partial charge in [-0.15, -0.1) is 0 Å². The molecule has 0 aromatic heterocycles. The van der Waals surface area contributed by atoms with Crippen LogP contribution >= 0.6 is 0 Å².